The third-order valence-electron chi connectivity index (χ3n) is 13.9. The predicted octanol–water partition coefficient (Wildman–Crippen LogP) is 5.07. The van der Waals surface area contributed by atoms with Crippen molar-refractivity contribution in [1.29, 1.82) is 0 Å². The van der Waals surface area contributed by atoms with Crippen molar-refractivity contribution >= 4 is 43.1 Å². The molecule has 0 radical (unpaired) electrons. The van der Waals surface area contributed by atoms with Gasteiger partial charge in [0, 0.05) is 74.5 Å². The van der Waals surface area contributed by atoms with Crippen LogP contribution in [-0.4, -0.2) is 120 Å². The number of carbonyl (C=O) groups excluding carboxylic acids is 1. The van der Waals surface area contributed by atoms with Gasteiger partial charge in [0.1, 0.15) is 11.4 Å². The number of amides is 1. The quantitative estimate of drug-likeness (QED) is 0.418. The fourth-order valence-electron chi connectivity index (χ4n) is 10.5. The number of benzene rings is 2. The van der Waals surface area contributed by atoms with Crippen LogP contribution in [0, 0.1) is 17.8 Å². The Hall–Kier alpha value is -2.68. The summed E-state index contributed by atoms with van der Waals surface area (Å²) in [5.41, 5.74) is 2.58. The van der Waals surface area contributed by atoms with Crippen LogP contribution >= 0.6 is 11.6 Å². The van der Waals surface area contributed by atoms with E-state index in [1.165, 1.54) is 11.1 Å². The Morgan fingerprint density at radius 1 is 1.04 bits per heavy atom. The van der Waals surface area contributed by atoms with Gasteiger partial charge in [-0.3, -0.25) is 14.6 Å². The second kappa shape index (κ2) is 15.5. The molecule has 0 aromatic heterocycles. The molecule has 1 saturated carbocycles. The van der Waals surface area contributed by atoms with E-state index in [-0.39, 0.29) is 46.3 Å². The minimum atomic E-state index is -4.01. The Morgan fingerprint density at radius 2 is 1.88 bits per heavy atom. The number of sulfone groups is 1. The average Bonchev–Trinajstić information content (AvgIpc) is 3.28. The van der Waals surface area contributed by atoms with Gasteiger partial charge in [0.15, 0.2) is 9.84 Å². The number of halogens is 1. The first kappa shape index (κ1) is 40.1. The lowest BCUT2D eigenvalue weighted by molar-refractivity contribution is -0.114. The van der Waals surface area contributed by atoms with Gasteiger partial charge in [-0.25, -0.2) is 21.6 Å². The highest BCUT2D eigenvalue weighted by Crippen LogP contribution is 2.49. The lowest BCUT2D eigenvalue weighted by atomic mass is 9.63. The number of anilines is 1. The van der Waals surface area contributed by atoms with E-state index in [1.54, 1.807) is 13.0 Å². The second-order valence-corrected chi connectivity index (χ2v) is 22.2. The van der Waals surface area contributed by atoms with Crippen LogP contribution < -0.4 is 14.4 Å². The fourth-order valence-corrected chi connectivity index (χ4v) is 13.6. The van der Waals surface area contributed by atoms with Gasteiger partial charge in [-0.1, -0.05) is 36.7 Å². The standard InChI is InChI=1S/C42H57ClN4O7S2/c1-4-54-42(27-45-17-18-46-19-20-55(49,50)25-35(46)24-45)16-5-7-29(2)30(3)56(51,52)44-40(48)32-10-14-39-38(22-32)47(23-33-9-12-37(33)42)26-41(28-53-39)15-6-8-31-21-34(43)11-13-36(31)41/h5,10-11,13-14,16,21-22,29-30,33,35,37H,4,6-9,12,15,17-20,23-28H2,1-3H3,(H,44,48)/b16-5+/t29-,30+,33-,35+,37+,41-,42-/m0/s1. The first-order valence-corrected chi connectivity index (χ1v) is 24.3. The molecule has 2 saturated heterocycles. The number of carbonyl (C=O) groups is 1. The van der Waals surface area contributed by atoms with Crippen molar-refractivity contribution in [3.8, 4) is 5.75 Å². The number of piperazine rings is 1. The number of aryl methyl sites for hydroxylation is 1. The van der Waals surface area contributed by atoms with E-state index in [9.17, 15) is 21.6 Å². The smallest absolute Gasteiger partial charge is 0.264 e. The van der Waals surface area contributed by atoms with Gasteiger partial charge < -0.3 is 14.4 Å². The molecule has 1 amide bonds. The maximum atomic E-state index is 13.7. The maximum absolute atomic E-state index is 13.7. The first-order chi connectivity index (χ1) is 26.7. The maximum Gasteiger partial charge on any atom is 0.264 e. The van der Waals surface area contributed by atoms with Crippen molar-refractivity contribution in [2.75, 3.05) is 75.4 Å². The van der Waals surface area contributed by atoms with Crippen LogP contribution in [0.4, 0.5) is 5.69 Å². The summed E-state index contributed by atoms with van der Waals surface area (Å²) in [7, 11) is -7.09. The number of hydrogen-bond donors (Lipinski definition) is 1. The molecule has 8 rings (SSSR count). The number of ether oxygens (including phenoxy) is 2. The number of nitrogens with one attached hydrogen (secondary N) is 1. The summed E-state index contributed by atoms with van der Waals surface area (Å²) in [6, 6.07) is 11.5. The van der Waals surface area contributed by atoms with E-state index in [0.717, 1.165) is 55.9 Å². The molecule has 7 atom stereocenters. The Kier molecular flexibility index (Phi) is 11.1. The van der Waals surface area contributed by atoms with Crippen LogP contribution in [0.2, 0.25) is 5.02 Å². The van der Waals surface area contributed by atoms with Crippen molar-refractivity contribution < 1.29 is 31.1 Å². The van der Waals surface area contributed by atoms with Crippen LogP contribution in [0.5, 0.6) is 5.75 Å². The van der Waals surface area contributed by atoms with Crippen molar-refractivity contribution in [1.82, 2.24) is 14.5 Å². The van der Waals surface area contributed by atoms with Crippen LogP contribution in [-0.2, 0) is 36.4 Å². The highest BCUT2D eigenvalue weighted by atomic mass is 35.5. The molecule has 4 heterocycles. The van der Waals surface area contributed by atoms with E-state index in [0.29, 0.717) is 58.1 Å². The third-order valence-corrected chi connectivity index (χ3v) is 17.8. The average molecular weight is 830 g/mol. The van der Waals surface area contributed by atoms with Gasteiger partial charge in [-0.15, -0.1) is 0 Å². The molecule has 2 aromatic carbocycles. The first-order valence-electron chi connectivity index (χ1n) is 20.5. The Balaban J connectivity index is 1.19. The van der Waals surface area contributed by atoms with E-state index in [4.69, 9.17) is 21.1 Å². The minimum absolute atomic E-state index is 0.0398. The molecule has 6 aliphatic rings. The second-order valence-electron chi connectivity index (χ2n) is 17.5. The molecule has 14 heteroatoms. The number of hydrogen-bond acceptors (Lipinski definition) is 10. The van der Waals surface area contributed by atoms with E-state index < -0.39 is 36.6 Å². The molecule has 2 bridgehead atoms. The van der Waals surface area contributed by atoms with Gasteiger partial charge >= 0.3 is 0 Å². The van der Waals surface area contributed by atoms with Crippen molar-refractivity contribution in [3.63, 3.8) is 0 Å². The van der Waals surface area contributed by atoms with E-state index in [1.807, 2.05) is 32.0 Å². The van der Waals surface area contributed by atoms with Crippen LogP contribution in [0.3, 0.4) is 0 Å². The number of nitrogens with zero attached hydrogens (tertiary/aromatic N) is 3. The van der Waals surface area contributed by atoms with Gasteiger partial charge in [-0.05, 0) is 112 Å². The van der Waals surface area contributed by atoms with Crippen molar-refractivity contribution in [2.45, 2.75) is 81.6 Å². The molecule has 11 nitrogen and oxygen atoms in total. The highest BCUT2D eigenvalue weighted by Gasteiger charge is 2.51. The summed E-state index contributed by atoms with van der Waals surface area (Å²) in [6.07, 6.45) is 9.67. The summed E-state index contributed by atoms with van der Waals surface area (Å²) >= 11 is 6.51. The van der Waals surface area contributed by atoms with Crippen molar-refractivity contribution in [2.24, 2.45) is 17.8 Å². The summed E-state index contributed by atoms with van der Waals surface area (Å²) < 4.78 is 68.8. The number of allylic oxidation sites excluding steroid dienone is 1. The Morgan fingerprint density at radius 3 is 2.66 bits per heavy atom. The van der Waals surface area contributed by atoms with Gasteiger partial charge in [0.2, 0.25) is 10.0 Å². The van der Waals surface area contributed by atoms with Gasteiger partial charge in [-0.2, -0.15) is 0 Å². The minimum Gasteiger partial charge on any atom is -0.490 e. The normalized spacial score (nSPS) is 35.1. The molecule has 2 aliphatic carbocycles. The van der Waals surface area contributed by atoms with Gasteiger partial charge in [0.25, 0.3) is 5.91 Å². The topological polar surface area (TPSA) is 126 Å². The number of sulfonamides is 1. The van der Waals surface area contributed by atoms with Gasteiger partial charge in [0.05, 0.1) is 29.0 Å². The van der Waals surface area contributed by atoms with E-state index >= 15 is 0 Å². The number of fused-ring (bicyclic) bond motifs is 5. The van der Waals surface area contributed by atoms with E-state index in [2.05, 4.69) is 43.7 Å². The van der Waals surface area contributed by atoms with Crippen LogP contribution in [0.15, 0.2) is 48.6 Å². The summed E-state index contributed by atoms with van der Waals surface area (Å²) in [6.45, 7) is 11.5. The monoisotopic (exact) mass is 828 g/mol. The highest BCUT2D eigenvalue weighted by molar-refractivity contribution is 7.91. The molecule has 3 fully saturated rings. The molecular formula is C42H57ClN4O7S2. The SMILES string of the molecule is CCO[C@]1(CN2CCN3CCS(=O)(=O)C[C@H]3C2)/C=C/C[C@H](C)[C@@H](C)S(=O)(=O)NC(=O)c2ccc3c(c2)N(C[C@@H]2CC[C@H]21)C[C@@]1(CCCc2cc(Cl)ccc21)CO3. The lowest BCUT2D eigenvalue weighted by Gasteiger charge is -2.53. The zero-order valence-electron chi connectivity index (χ0n) is 32.9. The zero-order chi connectivity index (χ0) is 39.5. The zero-order valence-corrected chi connectivity index (χ0v) is 35.3. The lowest BCUT2D eigenvalue weighted by Crippen LogP contribution is -2.63. The summed E-state index contributed by atoms with van der Waals surface area (Å²) in [5.74, 6) is 0.568. The summed E-state index contributed by atoms with van der Waals surface area (Å²) in [5, 5.41) is -0.106. The molecule has 306 valence electrons. The Bertz CT molecular complexity index is 2080. The van der Waals surface area contributed by atoms with Crippen LogP contribution in [0.1, 0.15) is 74.4 Å². The largest absolute Gasteiger partial charge is 0.490 e. The van der Waals surface area contributed by atoms with Crippen molar-refractivity contribution in [3.05, 3.63) is 70.3 Å². The van der Waals surface area contributed by atoms with Crippen LogP contribution in [0.25, 0.3) is 0 Å². The molecule has 1 N–H and O–H groups in total. The molecule has 4 aliphatic heterocycles. The molecule has 0 unspecified atom stereocenters. The number of rotatable bonds is 4. The third kappa shape index (κ3) is 7.77. The molecule has 1 spiro atoms. The fraction of sp³-hybridized carbons (Fsp3) is 0.643. The predicted molar refractivity (Wildman–Crippen MR) is 220 cm³/mol. The molecule has 2 aromatic rings. The molecule has 56 heavy (non-hydrogen) atoms. The summed E-state index contributed by atoms with van der Waals surface area (Å²) in [4.78, 5) is 20.8. The Labute approximate surface area is 338 Å². The molecular weight excluding hydrogens is 772 g/mol.